The van der Waals surface area contributed by atoms with Crippen LogP contribution < -0.4 is 9.64 Å². The van der Waals surface area contributed by atoms with Crippen molar-refractivity contribution in [2.75, 3.05) is 12.0 Å². The van der Waals surface area contributed by atoms with Gasteiger partial charge in [-0.15, -0.1) is 22.9 Å². The molecule has 5 rings (SSSR count). The third-order valence-electron chi connectivity index (χ3n) is 6.42. The van der Waals surface area contributed by atoms with Crippen LogP contribution in [0, 0.1) is 19.8 Å². The van der Waals surface area contributed by atoms with Crippen molar-refractivity contribution < 1.29 is 19.1 Å². The summed E-state index contributed by atoms with van der Waals surface area (Å²) in [6, 6.07) is 6.86. The highest BCUT2D eigenvalue weighted by Crippen LogP contribution is 2.49. The van der Waals surface area contributed by atoms with E-state index < -0.39 is 6.04 Å². The number of nitrogens with zero attached hydrogens (tertiary/aromatic N) is 2. The number of methoxy groups -OCH3 is 1. The first-order chi connectivity index (χ1) is 14.9. The van der Waals surface area contributed by atoms with Crippen molar-refractivity contribution in [3.63, 3.8) is 0 Å². The number of aryl methyl sites for hydroxylation is 2. The Kier molecular flexibility index (Phi) is 5.06. The fourth-order valence-electron chi connectivity index (χ4n) is 4.70. The van der Waals surface area contributed by atoms with Crippen LogP contribution in [0.4, 0.5) is 5.13 Å². The molecule has 3 aliphatic rings. The molecule has 1 aliphatic carbocycles. The van der Waals surface area contributed by atoms with Gasteiger partial charge in [0.25, 0.3) is 5.91 Å². The second-order valence-electron chi connectivity index (χ2n) is 8.27. The summed E-state index contributed by atoms with van der Waals surface area (Å²) in [5.74, 6) is 0.154. The maximum atomic E-state index is 13.7. The number of fused-ring (bicyclic) bond motifs is 1. The maximum Gasteiger partial charge on any atom is 0.296 e. The summed E-state index contributed by atoms with van der Waals surface area (Å²) >= 11 is 7.83. The van der Waals surface area contributed by atoms with E-state index in [-0.39, 0.29) is 34.8 Å². The summed E-state index contributed by atoms with van der Waals surface area (Å²) in [7, 11) is 1.59. The molecule has 2 aromatic rings. The minimum atomic E-state index is -0.605. The summed E-state index contributed by atoms with van der Waals surface area (Å²) in [4.78, 5) is 34.5. The average molecular weight is 459 g/mol. The van der Waals surface area contributed by atoms with Gasteiger partial charge < -0.3 is 9.47 Å². The molecule has 6 nitrogen and oxygen atoms in total. The SMILES string of the molecule is COc1cccc(C2C3=C(OC4CCC(Cl)CC4C3=O)C(=O)N2c2nc(C)c(C)s2)c1. The van der Waals surface area contributed by atoms with Crippen molar-refractivity contribution in [3.05, 3.63) is 51.7 Å². The first-order valence-corrected chi connectivity index (χ1v) is 11.6. The molecule has 0 saturated heterocycles. The molecule has 1 saturated carbocycles. The van der Waals surface area contributed by atoms with Crippen LogP contribution in [-0.4, -0.2) is 35.3 Å². The summed E-state index contributed by atoms with van der Waals surface area (Å²) in [5.41, 5.74) is 2.07. The first-order valence-electron chi connectivity index (χ1n) is 10.4. The maximum absolute atomic E-state index is 13.7. The number of halogens is 1. The molecule has 1 aromatic carbocycles. The van der Waals surface area contributed by atoms with Crippen LogP contribution in [0.3, 0.4) is 0 Å². The lowest BCUT2D eigenvalue weighted by molar-refractivity contribution is -0.131. The van der Waals surface area contributed by atoms with Crippen LogP contribution in [0.5, 0.6) is 5.75 Å². The molecule has 31 heavy (non-hydrogen) atoms. The quantitative estimate of drug-likeness (QED) is 0.634. The first kappa shape index (κ1) is 20.5. The van der Waals surface area contributed by atoms with Gasteiger partial charge in [0, 0.05) is 10.3 Å². The average Bonchev–Trinajstić information content (AvgIpc) is 3.25. The number of anilines is 1. The number of amides is 1. The molecule has 1 amide bonds. The predicted molar refractivity (Wildman–Crippen MR) is 119 cm³/mol. The van der Waals surface area contributed by atoms with Crippen LogP contribution in [0.2, 0.25) is 0 Å². The van der Waals surface area contributed by atoms with Crippen LogP contribution in [0.25, 0.3) is 0 Å². The Labute approximate surface area is 189 Å². The highest BCUT2D eigenvalue weighted by Gasteiger charge is 2.53. The van der Waals surface area contributed by atoms with Gasteiger partial charge in [0.05, 0.1) is 30.3 Å². The number of carbonyl (C=O) groups excluding carboxylic acids is 2. The lowest BCUT2D eigenvalue weighted by Crippen LogP contribution is -2.41. The van der Waals surface area contributed by atoms with Gasteiger partial charge in [-0.1, -0.05) is 12.1 Å². The van der Waals surface area contributed by atoms with E-state index >= 15 is 0 Å². The van der Waals surface area contributed by atoms with Crippen LogP contribution >= 0.6 is 22.9 Å². The molecular weight excluding hydrogens is 436 g/mol. The van der Waals surface area contributed by atoms with E-state index in [2.05, 4.69) is 4.98 Å². The molecule has 162 valence electrons. The molecule has 0 radical (unpaired) electrons. The number of Topliss-reactive ketones (excluding diaryl/α,β-unsaturated/α-hetero) is 1. The largest absolute Gasteiger partial charge is 0.497 e. The number of carbonyl (C=O) groups is 2. The molecule has 0 spiro atoms. The van der Waals surface area contributed by atoms with Gasteiger partial charge in [0.1, 0.15) is 11.9 Å². The zero-order valence-corrected chi connectivity index (χ0v) is 19.1. The predicted octanol–water partition coefficient (Wildman–Crippen LogP) is 4.49. The van der Waals surface area contributed by atoms with Crippen molar-refractivity contribution in [1.29, 1.82) is 0 Å². The number of ketones is 1. The smallest absolute Gasteiger partial charge is 0.296 e. The number of rotatable bonds is 3. The molecule has 1 fully saturated rings. The lowest BCUT2D eigenvalue weighted by Gasteiger charge is -2.37. The van der Waals surface area contributed by atoms with E-state index in [1.165, 1.54) is 11.3 Å². The minimum absolute atomic E-state index is 0.0368. The zero-order chi connectivity index (χ0) is 21.9. The van der Waals surface area contributed by atoms with Gasteiger partial charge in [0.15, 0.2) is 16.7 Å². The van der Waals surface area contributed by atoms with Crippen LogP contribution in [0.15, 0.2) is 35.6 Å². The highest BCUT2D eigenvalue weighted by atomic mass is 35.5. The van der Waals surface area contributed by atoms with Crippen molar-refractivity contribution in [2.24, 2.45) is 5.92 Å². The third kappa shape index (κ3) is 3.26. The lowest BCUT2D eigenvalue weighted by atomic mass is 9.77. The molecule has 4 atom stereocenters. The topological polar surface area (TPSA) is 68.7 Å². The normalized spacial score (nSPS) is 27.8. The molecule has 0 N–H and O–H groups in total. The summed E-state index contributed by atoms with van der Waals surface area (Å²) < 4.78 is 11.6. The second-order valence-corrected chi connectivity index (χ2v) is 10.1. The summed E-state index contributed by atoms with van der Waals surface area (Å²) in [6.07, 6.45) is 1.72. The fraction of sp³-hybridized carbons (Fsp3) is 0.435. The van der Waals surface area contributed by atoms with Crippen LogP contribution in [-0.2, 0) is 14.3 Å². The van der Waals surface area contributed by atoms with Gasteiger partial charge in [-0.05, 0) is 50.8 Å². The van der Waals surface area contributed by atoms with E-state index in [0.29, 0.717) is 29.3 Å². The summed E-state index contributed by atoms with van der Waals surface area (Å²) in [6.45, 7) is 3.89. The number of hydrogen-bond donors (Lipinski definition) is 0. The van der Waals surface area contributed by atoms with Crippen molar-refractivity contribution in [1.82, 2.24) is 4.98 Å². The molecule has 3 heterocycles. The third-order valence-corrected chi connectivity index (χ3v) is 7.89. The summed E-state index contributed by atoms with van der Waals surface area (Å²) in [5, 5.41) is 0.514. The van der Waals surface area contributed by atoms with E-state index in [9.17, 15) is 9.59 Å². The number of ether oxygens (including phenoxy) is 2. The van der Waals surface area contributed by atoms with Gasteiger partial charge in [0.2, 0.25) is 0 Å². The number of thiazole rings is 1. The number of hydrogen-bond acceptors (Lipinski definition) is 6. The van der Waals surface area contributed by atoms with Gasteiger partial charge in [-0.25, -0.2) is 4.98 Å². The van der Waals surface area contributed by atoms with Gasteiger partial charge in [-0.2, -0.15) is 0 Å². The number of alkyl halides is 1. The van der Waals surface area contributed by atoms with E-state index in [1.807, 2.05) is 38.1 Å². The van der Waals surface area contributed by atoms with Crippen molar-refractivity contribution >= 4 is 39.8 Å². The van der Waals surface area contributed by atoms with E-state index in [1.54, 1.807) is 12.0 Å². The molecule has 1 aromatic heterocycles. The van der Waals surface area contributed by atoms with Crippen molar-refractivity contribution in [2.45, 2.75) is 50.6 Å². The molecular formula is C23H23ClN2O4S. The Bertz CT molecular complexity index is 1090. The van der Waals surface area contributed by atoms with E-state index in [0.717, 1.165) is 22.6 Å². The Hall–Kier alpha value is -2.38. The fourth-order valence-corrected chi connectivity index (χ4v) is 5.95. The zero-order valence-electron chi connectivity index (χ0n) is 17.6. The Balaban J connectivity index is 1.66. The van der Waals surface area contributed by atoms with Crippen LogP contribution in [0.1, 0.15) is 41.4 Å². The Morgan fingerprint density at radius 3 is 2.77 bits per heavy atom. The molecule has 2 aliphatic heterocycles. The number of benzene rings is 1. The number of aromatic nitrogens is 1. The minimum Gasteiger partial charge on any atom is -0.497 e. The molecule has 0 bridgehead atoms. The van der Waals surface area contributed by atoms with Gasteiger partial charge >= 0.3 is 0 Å². The monoisotopic (exact) mass is 458 g/mol. The van der Waals surface area contributed by atoms with Crippen molar-refractivity contribution in [3.8, 4) is 5.75 Å². The molecule has 8 heteroatoms. The standard InChI is InChI=1S/C23H23ClN2O4S/c1-11-12(2)31-23(25-11)26-19(13-5-4-6-15(9-13)29-3)18-20(27)16-10-14(24)7-8-17(16)30-21(18)22(26)28/h4-6,9,14,16-17,19H,7-8,10H2,1-3H3. The van der Waals surface area contributed by atoms with E-state index in [4.69, 9.17) is 21.1 Å². The Morgan fingerprint density at radius 2 is 2.06 bits per heavy atom. The Morgan fingerprint density at radius 1 is 1.26 bits per heavy atom. The molecule has 4 unspecified atom stereocenters. The highest BCUT2D eigenvalue weighted by molar-refractivity contribution is 7.15. The second kappa shape index (κ2) is 7.64. The van der Waals surface area contributed by atoms with Gasteiger partial charge in [-0.3, -0.25) is 14.5 Å².